The molecule has 1 N–H and O–H groups in total. The zero-order valence-corrected chi connectivity index (χ0v) is 13.7. The second kappa shape index (κ2) is 6.18. The van der Waals surface area contributed by atoms with E-state index in [1.165, 1.54) is 0 Å². The first kappa shape index (κ1) is 15.6. The Bertz CT molecular complexity index is 905. The predicted octanol–water partition coefficient (Wildman–Crippen LogP) is 1.15. The van der Waals surface area contributed by atoms with Gasteiger partial charge in [-0.2, -0.15) is 0 Å². The average Bonchev–Trinajstić information content (AvgIpc) is 3.11. The van der Waals surface area contributed by atoms with Crippen LogP contribution in [0.4, 0.5) is 0 Å². The number of nitrogens with one attached hydrogen (secondary N) is 1. The van der Waals surface area contributed by atoms with Crippen molar-refractivity contribution in [3.63, 3.8) is 0 Å². The molecule has 0 bridgehead atoms. The smallest absolute Gasteiger partial charge is 0.239 e. The molecule has 1 amide bonds. The number of fused-ring (bicyclic) bond motifs is 3. The monoisotopic (exact) mass is 350 g/mol. The van der Waals surface area contributed by atoms with E-state index in [4.69, 9.17) is 0 Å². The second-order valence-electron chi connectivity index (χ2n) is 5.62. The number of hydrogen-bond acceptors (Lipinski definition) is 6. The van der Waals surface area contributed by atoms with Crippen LogP contribution in [-0.4, -0.2) is 28.0 Å². The first-order chi connectivity index (χ1) is 12.1. The van der Waals surface area contributed by atoms with E-state index in [-0.39, 0.29) is 12.3 Å². The highest BCUT2D eigenvalue weighted by Gasteiger charge is 2.30. The van der Waals surface area contributed by atoms with E-state index in [9.17, 15) is 14.7 Å². The zero-order valence-electron chi connectivity index (χ0n) is 12.9. The van der Waals surface area contributed by atoms with E-state index < -0.39 is 11.2 Å². The summed E-state index contributed by atoms with van der Waals surface area (Å²) in [6, 6.07) is 15.9. The lowest BCUT2D eigenvalue weighted by Gasteiger charge is -2.04. The summed E-state index contributed by atoms with van der Waals surface area (Å²) in [6.07, 6.45) is -0.349. The topological polar surface area (TPSA) is 93.9 Å². The Hall–Kier alpha value is -2.93. The molecule has 1 aliphatic carbocycles. The Balaban J connectivity index is 1.68. The number of benzene rings is 2. The Kier molecular flexibility index (Phi) is 3.85. The number of amides is 1. The number of carboxylic acids is 1. The molecule has 0 aromatic heterocycles. The van der Waals surface area contributed by atoms with E-state index in [1.807, 2.05) is 48.5 Å². The molecule has 2 aromatic carbocycles. The molecule has 124 valence electrons. The van der Waals surface area contributed by atoms with Crippen molar-refractivity contribution in [1.29, 1.82) is 0 Å². The highest BCUT2D eigenvalue weighted by Crippen LogP contribution is 2.36. The van der Waals surface area contributed by atoms with Crippen LogP contribution < -0.4 is 10.4 Å². The maximum Gasteiger partial charge on any atom is 0.239 e. The van der Waals surface area contributed by atoms with E-state index in [1.54, 1.807) is 0 Å². The molecule has 0 radical (unpaired) electrons. The molecule has 2 aromatic rings. The largest absolute Gasteiger partial charge is 0.550 e. The van der Waals surface area contributed by atoms with Gasteiger partial charge in [-0.15, -0.1) is 10.2 Å². The number of carbonyl (C=O) groups excluding carboxylic acids is 2. The van der Waals surface area contributed by atoms with Gasteiger partial charge in [0, 0.05) is 23.5 Å². The summed E-state index contributed by atoms with van der Waals surface area (Å²) < 4.78 is 0. The molecule has 2 aliphatic rings. The van der Waals surface area contributed by atoms with Crippen LogP contribution in [0, 0.1) is 0 Å². The fourth-order valence-electron chi connectivity index (χ4n) is 2.94. The molecule has 1 fully saturated rings. The van der Waals surface area contributed by atoms with Crippen molar-refractivity contribution in [2.75, 3.05) is 0 Å². The van der Waals surface area contributed by atoms with E-state index in [0.29, 0.717) is 5.17 Å². The molecule has 6 nitrogen and oxygen atoms in total. The minimum Gasteiger partial charge on any atom is -0.550 e. The Morgan fingerprint density at radius 2 is 1.56 bits per heavy atom. The van der Waals surface area contributed by atoms with Crippen molar-refractivity contribution >= 4 is 34.5 Å². The van der Waals surface area contributed by atoms with Crippen LogP contribution in [0.15, 0.2) is 58.7 Å². The van der Waals surface area contributed by atoms with Gasteiger partial charge >= 0.3 is 0 Å². The van der Waals surface area contributed by atoms with Gasteiger partial charge in [0.1, 0.15) is 5.71 Å². The van der Waals surface area contributed by atoms with Crippen molar-refractivity contribution in [3.8, 4) is 11.1 Å². The summed E-state index contributed by atoms with van der Waals surface area (Å²) in [7, 11) is 0. The van der Waals surface area contributed by atoms with Crippen LogP contribution in [0.5, 0.6) is 0 Å². The van der Waals surface area contributed by atoms with Gasteiger partial charge < -0.3 is 15.2 Å². The third-order valence-electron chi connectivity index (χ3n) is 4.02. The molecule has 0 unspecified atom stereocenters. The van der Waals surface area contributed by atoms with Gasteiger partial charge in [-0.25, -0.2) is 0 Å². The summed E-state index contributed by atoms with van der Waals surface area (Å²) >= 11 is 1.05. The lowest BCUT2D eigenvalue weighted by Crippen LogP contribution is -2.31. The molecule has 0 saturated carbocycles. The lowest BCUT2D eigenvalue weighted by molar-refractivity contribution is -0.305. The molecule has 1 atom stereocenters. The van der Waals surface area contributed by atoms with Gasteiger partial charge in [0.25, 0.3) is 0 Å². The average molecular weight is 350 g/mol. The van der Waals surface area contributed by atoms with Crippen molar-refractivity contribution in [2.45, 2.75) is 11.7 Å². The molecule has 1 saturated heterocycles. The lowest BCUT2D eigenvalue weighted by atomic mass is 10.1. The van der Waals surface area contributed by atoms with Crippen LogP contribution in [0.1, 0.15) is 17.5 Å². The quantitative estimate of drug-likeness (QED) is 0.717. The highest BCUT2D eigenvalue weighted by molar-refractivity contribution is 8.15. The number of thioether (sulfide) groups is 1. The summed E-state index contributed by atoms with van der Waals surface area (Å²) in [4.78, 5) is 22.4. The number of carboxylic acid groups (broad SMARTS) is 1. The zero-order chi connectivity index (χ0) is 17.4. The standard InChI is InChI=1S/C18H13N3O3S/c22-15(23)9-14-17(24)19-18(25-14)21-20-16-12-7-3-1-5-10(12)11-6-2-4-8-13(11)16/h1-8,14H,9H2,(H,22,23)(H,19,21,24)/p-1/t14-/m1/s1. The molecule has 25 heavy (non-hydrogen) atoms. The maximum absolute atomic E-state index is 11.8. The number of hydrogen-bond donors (Lipinski definition) is 1. The fraction of sp³-hybridized carbons (Fsp3) is 0.111. The number of rotatable bonds is 3. The maximum atomic E-state index is 11.8. The van der Waals surface area contributed by atoms with Crippen molar-refractivity contribution in [1.82, 2.24) is 5.32 Å². The van der Waals surface area contributed by atoms with Crippen LogP contribution in [0.25, 0.3) is 11.1 Å². The van der Waals surface area contributed by atoms with Crippen LogP contribution in [0.3, 0.4) is 0 Å². The minimum atomic E-state index is -1.26. The molecule has 7 heteroatoms. The first-order valence-electron chi connectivity index (χ1n) is 7.65. The summed E-state index contributed by atoms with van der Waals surface area (Å²) in [5, 5.41) is 21.3. The summed E-state index contributed by atoms with van der Waals surface area (Å²) in [6.45, 7) is 0. The van der Waals surface area contributed by atoms with E-state index in [2.05, 4.69) is 15.5 Å². The van der Waals surface area contributed by atoms with Gasteiger partial charge in [-0.3, -0.25) is 4.79 Å². The normalized spacial score (nSPS) is 19.5. The molecular formula is C18H12N3O3S-. The van der Waals surface area contributed by atoms with Crippen LogP contribution in [-0.2, 0) is 9.59 Å². The van der Waals surface area contributed by atoms with Gasteiger partial charge in [0.2, 0.25) is 5.91 Å². The van der Waals surface area contributed by atoms with Gasteiger partial charge in [0.15, 0.2) is 5.17 Å². The first-order valence-corrected chi connectivity index (χ1v) is 8.53. The molecule has 0 spiro atoms. The number of amidine groups is 1. The van der Waals surface area contributed by atoms with Crippen LogP contribution in [0.2, 0.25) is 0 Å². The van der Waals surface area contributed by atoms with E-state index >= 15 is 0 Å². The number of carbonyl (C=O) groups is 2. The molecule has 1 heterocycles. The third-order valence-corrected chi connectivity index (χ3v) is 5.10. The second-order valence-corrected chi connectivity index (χ2v) is 6.81. The molecular weight excluding hydrogens is 338 g/mol. The number of nitrogens with zero attached hydrogens (tertiary/aromatic N) is 2. The number of aliphatic carboxylic acids is 1. The SMILES string of the molecule is O=C([O-])C[C@H]1S/C(=N\N=C2c3ccccc3-c3ccccc32)NC1=O. The Labute approximate surface area is 147 Å². The Morgan fingerprint density at radius 3 is 2.12 bits per heavy atom. The van der Waals surface area contributed by atoms with Crippen molar-refractivity contribution in [3.05, 3.63) is 59.7 Å². The predicted molar refractivity (Wildman–Crippen MR) is 94.1 cm³/mol. The van der Waals surface area contributed by atoms with E-state index in [0.717, 1.165) is 39.7 Å². The van der Waals surface area contributed by atoms with Gasteiger partial charge in [-0.05, 0) is 11.1 Å². The van der Waals surface area contributed by atoms with Crippen molar-refractivity contribution < 1.29 is 14.7 Å². The van der Waals surface area contributed by atoms with Crippen molar-refractivity contribution in [2.24, 2.45) is 10.2 Å². The summed E-state index contributed by atoms with van der Waals surface area (Å²) in [5.41, 5.74) is 4.88. The molecule has 4 rings (SSSR count). The molecule has 1 aliphatic heterocycles. The summed E-state index contributed by atoms with van der Waals surface area (Å²) in [5.74, 6) is -1.65. The third kappa shape index (κ3) is 2.83. The highest BCUT2D eigenvalue weighted by atomic mass is 32.2. The fourth-order valence-corrected chi connectivity index (χ4v) is 3.84. The van der Waals surface area contributed by atoms with Gasteiger partial charge in [-0.1, -0.05) is 60.3 Å². The van der Waals surface area contributed by atoms with Crippen LogP contribution >= 0.6 is 11.8 Å². The minimum absolute atomic E-state index is 0.297. The Morgan fingerprint density at radius 1 is 1.00 bits per heavy atom. The van der Waals surface area contributed by atoms with Gasteiger partial charge in [0.05, 0.1) is 5.25 Å².